The molecule has 1 aliphatic rings. The minimum atomic E-state index is 0.277. The highest BCUT2D eigenvalue weighted by molar-refractivity contribution is 7.99. The molecule has 0 saturated carbocycles. The van der Waals surface area contributed by atoms with Gasteiger partial charge in [0.2, 0.25) is 0 Å². The van der Waals surface area contributed by atoms with Crippen LogP contribution in [0.5, 0.6) is 0 Å². The molecule has 2 aromatic carbocycles. The molecule has 0 fully saturated rings. The number of nitrogens with zero attached hydrogens (tertiary/aromatic N) is 1. The van der Waals surface area contributed by atoms with Gasteiger partial charge in [-0.3, -0.25) is 0 Å². The molecule has 0 aromatic heterocycles. The van der Waals surface area contributed by atoms with E-state index in [0.29, 0.717) is 11.6 Å². The molecule has 2 nitrogen and oxygen atoms in total. The maximum absolute atomic E-state index is 8.84. The molecular formula is C17H16N2S. The Hall–Kier alpha value is -1.76. The Morgan fingerprint density at radius 3 is 2.70 bits per heavy atom. The van der Waals surface area contributed by atoms with E-state index in [2.05, 4.69) is 42.6 Å². The van der Waals surface area contributed by atoms with Gasteiger partial charge in [0, 0.05) is 22.7 Å². The Labute approximate surface area is 123 Å². The van der Waals surface area contributed by atoms with E-state index >= 15 is 0 Å². The van der Waals surface area contributed by atoms with Gasteiger partial charge < -0.3 is 5.32 Å². The lowest BCUT2D eigenvalue weighted by Gasteiger charge is -2.20. The quantitative estimate of drug-likeness (QED) is 0.921. The van der Waals surface area contributed by atoms with Crippen LogP contribution in [0.1, 0.15) is 35.7 Å². The predicted molar refractivity (Wildman–Crippen MR) is 82.6 cm³/mol. The van der Waals surface area contributed by atoms with E-state index in [-0.39, 0.29) is 6.04 Å². The van der Waals surface area contributed by atoms with E-state index in [1.165, 1.54) is 16.0 Å². The monoisotopic (exact) mass is 280 g/mol. The van der Waals surface area contributed by atoms with Crippen LogP contribution in [-0.2, 0) is 0 Å². The van der Waals surface area contributed by atoms with Gasteiger partial charge in [-0.15, -0.1) is 11.8 Å². The molecule has 20 heavy (non-hydrogen) atoms. The number of thioether (sulfide) groups is 1. The van der Waals surface area contributed by atoms with Gasteiger partial charge in [-0.2, -0.15) is 5.26 Å². The molecule has 3 heteroatoms. The summed E-state index contributed by atoms with van der Waals surface area (Å²) in [6.45, 7) is 2.17. The van der Waals surface area contributed by atoms with Gasteiger partial charge in [-0.25, -0.2) is 0 Å². The maximum atomic E-state index is 8.84. The largest absolute Gasteiger partial charge is 0.303 e. The normalized spacial score (nSPS) is 18.3. The van der Waals surface area contributed by atoms with Crippen molar-refractivity contribution in [1.29, 1.82) is 5.26 Å². The molecule has 3 rings (SSSR count). The van der Waals surface area contributed by atoms with Crippen LogP contribution in [-0.4, -0.2) is 5.75 Å². The van der Waals surface area contributed by atoms with Gasteiger partial charge in [0.25, 0.3) is 0 Å². The summed E-state index contributed by atoms with van der Waals surface area (Å²) in [5.41, 5.74) is 3.33. The van der Waals surface area contributed by atoms with Crippen molar-refractivity contribution in [3.8, 4) is 6.07 Å². The second-order valence-electron chi connectivity index (χ2n) is 5.02. The summed E-state index contributed by atoms with van der Waals surface area (Å²) in [5.74, 6) is 1.08. The molecule has 1 N–H and O–H groups in total. The zero-order valence-electron chi connectivity index (χ0n) is 11.3. The molecule has 0 amide bonds. The Balaban J connectivity index is 1.73. The molecule has 1 aliphatic heterocycles. The molecule has 0 radical (unpaired) electrons. The van der Waals surface area contributed by atoms with Crippen LogP contribution >= 0.6 is 11.8 Å². The lowest BCUT2D eigenvalue weighted by Crippen LogP contribution is -2.24. The number of rotatable bonds is 3. The van der Waals surface area contributed by atoms with Gasteiger partial charge in [-0.1, -0.05) is 30.3 Å². The van der Waals surface area contributed by atoms with Crippen LogP contribution in [0.4, 0.5) is 0 Å². The molecule has 100 valence electrons. The SMILES string of the molecule is CC(NC1CSc2ccccc21)c1ccc(C#N)cc1. The Kier molecular flexibility index (Phi) is 3.77. The van der Waals surface area contributed by atoms with Crippen LogP contribution in [0.25, 0.3) is 0 Å². The highest BCUT2D eigenvalue weighted by atomic mass is 32.2. The summed E-state index contributed by atoms with van der Waals surface area (Å²) in [4.78, 5) is 1.39. The van der Waals surface area contributed by atoms with Gasteiger partial charge in [-0.05, 0) is 36.2 Å². The first-order chi connectivity index (χ1) is 9.78. The fourth-order valence-corrected chi connectivity index (χ4v) is 3.72. The van der Waals surface area contributed by atoms with E-state index in [1.54, 1.807) is 0 Å². The van der Waals surface area contributed by atoms with Crippen molar-refractivity contribution in [2.45, 2.75) is 23.9 Å². The summed E-state index contributed by atoms with van der Waals surface area (Å²) in [7, 11) is 0. The smallest absolute Gasteiger partial charge is 0.0991 e. The van der Waals surface area contributed by atoms with E-state index in [0.717, 1.165) is 5.75 Å². The molecule has 2 aromatic rings. The van der Waals surface area contributed by atoms with E-state index < -0.39 is 0 Å². The predicted octanol–water partition coefficient (Wildman–Crippen LogP) is 4.06. The zero-order valence-corrected chi connectivity index (χ0v) is 12.2. The molecular weight excluding hydrogens is 264 g/mol. The highest BCUT2D eigenvalue weighted by Gasteiger charge is 2.23. The first-order valence-corrected chi connectivity index (χ1v) is 7.74. The van der Waals surface area contributed by atoms with Crippen molar-refractivity contribution in [2.24, 2.45) is 0 Å². The fraction of sp³-hybridized carbons (Fsp3) is 0.235. The molecule has 0 saturated heterocycles. The molecule has 2 atom stereocenters. The van der Waals surface area contributed by atoms with Crippen LogP contribution < -0.4 is 5.32 Å². The average molecular weight is 280 g/mol. The van der Waals surface area contributed by atoms with Gasteiger partial charge in [0.05, 0.1) is 11.6 Å². The molecule has 0 bridgehead atoms. The third-order valence-electron chi connectivity index (χ3n) is 3.69. The third kappa shape index (κ3) is 2.58. The standard InChI is InChI=1S/C17H16N2S/c1-12(14-8-6-13(10-18)7-9-14)19-16-11-20-17-5-3-2-4-15(16)17/h2-9,12,16,19H,11H2,1H3. The van der Waals surface area contributed by atoms with Crippen molar-refractivity contribution in [2.75, 3.05) is 5.75 Å². The summed E-state index contributed by atoms with van der Waals surface area (Å²) >= 11 is 1.91. The minimum Gasteiger partial charge on any atom is -0.303 e. The summed E-state index contributed by atoms with van der Waals surface area (Å²) < 4.78 is 0. The molecule has 1 heterocycles. The van der Waals surface area contributed by atoms with Crippen molar-refractivity contribution in [1.82, 2.24) is 5.32 Å². The first kappa shape index (κ1) is 13.2. The molecule has 0 spiro atoms. The van der Waals surface area contributed by atoms with Gasteiger partial charge >= 0.3 is 0 Å². The Morgan fingerprint density at radius 2 is 1.95 bits per heavy atom. The van der Waals surface area contributed by atoms with Crippen molar-refractivity contribution in [3.63, 3.8) is 0 Å². The Bertz CT molecular complexity index is 643. The molecule has 2 unspecified atom stereocenters. The number of fused-ring (bicyclic) bond motifs is 1. The van der Waals surface area contributed by atoms with E-state index in [9.17, 15) is 0 Å². The summed E-state index contributed by atoms with van der Waals surface area (Å²) in [5, 5.41) is 12.5. The average Bonchev–Trinajstić information content (AvgIpc) is 2.91. The van der Waals surface area contributed by atoms with Crippen LogP contribution in [0.15, 0.2) is 53.4 Å². The number of benzene rings is 2. The third-order valence-corrected chi connectivity index (χ3v) is 4.87. The van der Waals surface area contributed by atoms with Crippen LogP contribution in [0, 0.1) is 11.3 Å². The second-order valence-corrected chi connectivity index (χ2v) is 6.09. The Morgan fingerprint density at radius 1 is 1.20 bits per heavy atom. The number of nitrogens with one attached hydrogen (secondary N) is 1. The topological polar surface area (TPSA) is 35.8 Å². The number of hydrogen-bond donors (Lipinski definition) is 1. The summed E-state index contributed by atoms with van der Waals surface area (Å²) in [6, 6.07) is 19.3. The number of nitriles is 1. The van der Waals surface area contributed by atoms with Gasteiger partial charge in [0.15, 0.2) is 0 Å². The van der Waals surface area contributed by atoms with E-state index in [1.807, 2.05) is 36.0 Å². The van der Waals surface area contributed by atoms with Crippen LogP contribution in [0.3, 0.4) is 0 Å². The zero-order chi connectivity index (χ0) is 13.9. The maximum Gasteiger partial charge on any atom is 0.0991 e. The van der Waals surface area contributed by atoms with Crippen molar-refractivity contribution < 1.29 is 0 Å². The van der Waals surface area contributed by atoms with Crippen LogP contribution in [0.2, 0.25) is 0 Å². The second kappa shape index (κ2) is 5.70. The lowest BCUT2D eigenvalue weighted by molar-refractivity contribution is 0.501. The van der Waals surface area contributed by atoms with Gasteiger partial charge in [0.1, 0.15) is 0 Å². The van der Waals surface area contributed by atoms with Crippen molar-refractivity contribution >= 4 is 11.8 Å². The summed E-state index contributed by atoms with van der Waals surface area (Å²) in [6.07, 6.45) is 0. The van der Waals surface area contributed by atoms with E-state index in [4.69, 9.17) is 5.26 Å². The lowest BCUT2D eigenvalue weighted by atomic mass is 10.0. The molecule has 0 aliphatic carbocycles. The first-order valence-electron chi connectivity index (χ1n) is 6.76. The fourth-order valence-electron chi connectivity index (χ4n) is 2.54. The minimum absolute atomic E-state index is 0.277. The highest BCUT2D eigenvalue weighted by Crippen LogP contribution is 2.38. The number of hydrogen-bond acceptors (Lipinski definition) is 3. The van der Waals surface area contributed by atoms with Crippen molar-refractivity contribution in [3.05, 3.63) is 65.2 Å².